The van der Waals surface area contributed by atoms with Gasteiger partial charge >= 0.3 is 0 Å². The molecule has 6 heteroatoms. The summed E-state index contributed by atoms with van der Waals surface area (Å²) in [6, 6.07) is 13.4. The van der Waals surface area contributed by atoms with Crippen LogP contribution in [0.5, 0.6) is 5.75 Å². The van der Waals surface area contributed by atoms with Gasteiger partial charge in [-0.25, -0.2) is 0 Å². The number of aliphatic hydroxyl groups is 1. The van der Waals surface area contributed by atoms with Gasteiger partial charge in [0.25, 0.3) is 0 Å². The lowest BCUT2D eigenvalue weighted by Crippen LogP contribution is -2.35. The summed E-state index contributed by atoms with van der Waals surface area (Å²) < 4.78 is 6.92. The largest absolute Gasteiger partial charge is 0.489 e. The fourth-order valence-electron chi connectivity index (χ4n) is 2.78. The molecule has 0 saturated carbocycles. The van der Waals surface area contributed by atoms with Crippen molar-refractivity contribution < 1.29 is 9.84 Å². The van der Waals surface area contributed by atoms with Crippen LogP contribution in [0.25, 0.3) is 0 Å². The average Bonchev–Trinajstić information content (AvgIpc) is 2.63. The maximum Gasteiger partial charge on any atom is 0.125 e. The Morgan fingerprint density at radius 2 is 1.88 bits per heavy atom. The number of rotatable bonds is 6. The third kappa shape index (κ3) is 5.63. The topological polar surface area (TPSA) is 32.7 Å². The quantitative estimate of drug-likeness (QED) is 0.699. The van der Waals surface area contributed by atoms with E-state index < -0.39 is 6.10 Å². The molecule has 0 bridgehead atoms. The molecule has 1 unspecified atom stereocenters. The minimum atomic E-state index is -0.569. The van der Waals surface area contributed by atoms with Crippen molar-refractivity contribution in [2.24, 2.45) is 0 Å². The number of thioether (sulfide) groups is 1. The first-order valence-corrected chi connectivity index (χ1v) is 10.6. The molecule has 0 radical (unpaired) electrons. The number of aliphatic hydroxyl groups excluding tert-OH is 1. The van der Waals surface area contributed by atoms with Gasteiger partial charge in [0.2, 0.25) is 0 Å². The van der Waals surface area contributed by atoms with Crippen LogP contribution in [0.4, 0.5) is 0 Å². The molecule has 0 aliphatic carbocycles. The molecule has 2 aromatic carbocycles. The zero-order chi connectivity index (χ0) is 17.6. The van der Waals surface area contributed by atoms with Gasteiger partial charge in [0, 0.05) is 46.2 Å². The van der Waals surface area contributed by atoms with E-state index in [1.165, 1.54) is 0 Å². The molecule has 25 heavy (non-hydrogen) atoms. The molecule has 3 nitrogen and oxygen atoms in total. The molecule has 0 amide bonds. The lowest BCUT2D eigenvalue weighted by molar-refractivity contribution is 0.115. The van der Waals surface area contributed by atoms with Crippen LogP contribution in [0.1, 0.15) is 17.2 Å². The Kier molecular flexibility index (Phi) is 7.08. The van der Waals surface area contributed by atoms with Gasteiger partial charge in [-0.1, -0.05) is 39.7 Å². The summed E-state index contributed by atoms with van der Waals surface area (Å²) in [5.41, 5.74) is 1.86. The van der Waals surface area contributed by atoms with Crippen molar-refractivity contribution in [3.8, 4) is 5.75 Å². The van der Waals surface area contributed by atoms with Crippen LogP contribution >= 0.6 is 39.3 Å². The molecule has 2 aromatic rings. The van der Waals surface area contributed by atoms with E-state index >= 15 is 0 Å². The molecular formula is C19H21BrClNO2S. The molecule has 1 atom stereocenters. The third-order valence-corrected chi connectivity index (χ3v) is 5.86. The van der Waals surface area contributed by atoms with Gasteiger partial charge in [0.15, 0.2) is 0 Å². The Morgan fingerprint density at radius 1 is 1.16 bits per heavy atom. The molecule has 1 aliphatic heterocycles. The molecule has 134 valence electrons. The van der Waals surface area contributed by atoms with Crippen LogP contribution in [0.15, 0.2) is 46.9 Å². The number of hydrogen-bond donors (Lipinski definition) is 1. The summed E-state index contributed by atoms with van der Waals surface area (Å²) >= 11 is 11.4. The van der Waals surface area contributed by atoms with Crippen molar-refractivity contribution in [3.63, 3.8) is 0 Å². The van der Waals surface area contributed by atoms with Crippen molar-refractivity contribution in [1.82, 2.24) is 4.90 Å². The summed E-state index contributed by atoms with van der Waals surface area (Å²) in [6.07, 6.45) is -0.569. The van der Waals surface area contributed by atoms with Crippen molar-refractivity contribution >= 4 is 39.3 Å². The molecule has 0 spiro atoms. The van der Waals surface area contributed by atoms with Crippen LogP contribution in [-0.2, 0) is 6.61 Å². The summed E-state index contributed by atoms with van der Waals surface area (Å²) in [6.45, 7) is 3.13. The van der Waals surface area contributed by atoms with Crippen molar-refractivity contribution in [2.45, 2.75) is 12.7 Å². The monoisotopic (exact) mass is 441 g/mol. The maximum atomic E-state index is 10.7. The van der Waals surface area contributed by atoms with E-state index in [2.05, 4.69) is 20.8 Å². The first-order chi connectivity index (χ1) is 12.1. The molecule has 3 rings (SSSR count). The third-order valence-electron chi connectivity index (χ3n) is 4.17. The smallest absolute Gasteiger partial charge is 0.125 e. The minimum Gasteiger partial charge on any atom is -0.489 e. The Morgan fingerprint density at radius 3 is 2.60 bits per heavy atom. The highest BCUT2D eigenvalue weighted by atomic mass is 79.9. The van der Waals surface area contributed by atoms with Crippen LogP contribution in [0, 0.1) is 0 Å². The second kappa shape index (κ2) is 9.28. The highest BCUT2D eigenvalue weighted by molar-refractivity contribution is 9.10. The van der Waals surface area contributed by atoms with Gasteiger partial charge in [0.05, 0.1) is 6.10 Å². The van der Waals surface area contributed by atoms with E-state index in [-0.39, 0.29) is 0 Å². The second-order valence-electron chi connectivity index (χ2n) is 6.03. The fraction of sp³-hybridized carbons (Fsp3) is 0.368. The maximum absolute atomic E-state index is 10.7. The first kappa shape index (κ1) is 19.1. The summed E-state index contributed by atoms with van der Waals surface area (Å²) in [5, 5.41) is 11.5. The van der Waals surface area contributed by atoms with Crippen LogP contribution in [0.3, 0.4) is 0 Å². The van der Waals surface area contributed by atoms with E-state index in [1.807, 2.05) is 54.2 Å². The van der Waals surface area contributed by atoms with E-state index in [9.17, 15) is 5.11 Å². The Bertz CT molecular complexity index is 692. The summed E-state index contributed by atoms with van der Waals surface area (Å²) in [5.74, 6) is 2.98. The Balaban J connectivity index is 1.69. The normalized spacial score (nSPS) is 16.6. The molecule has 1 fully saturated rings. The Labute approximate surface area is 166 Å². The van der Waals surface area contributed by atoms with Gasteiger partial charge in [-0.05, 0) is 35.9 Å². The zero-order valence-corrected chi connectivity index (χ0v) is 17.0. The number of benzene rings is 2. The van der Waals surface area contributed by atoms with E-state index in [4.69, 9.17) is 16.3 Å². The second-order valence-corrected chi connectivity index (χ2v) is 8.60. The lowest BCUT2D eigenvalue weighted by Gasteiger charge is -2.29. The Hall–Kier alpha value is -0.720. The van der Waals surface area contributed by atoms with Crippen LogP contribution in [-0.4, -0.2) is 41.1 Å². The van der Waals surface area contributed by atoms with Crippen molar-refractivity contribution in [3.05, 3.63) is 63.1 Å². The molecule has 1 aliphatic rings. The average molecular weight is 443 g/mol. The SMILES string of the molecule is OC(CN1CCSCC1)c1cc(Br)ccc1OCc1ccc(Cl)cc1. The van der Waals surface area contributed by atoms with Gasteiger partial charge in [-0.15, -0.1) is 0 Å². The van der Waals surface area contributed by atoms with Crippen LogP contribution < -0.4 is 4.74 Å². The predicted molar refractivity (Wildman–Crippen MR) is 109 cm³/mol. The molecular weight excluding hydrogens is 422 g/mol. The van der Waals surface area contributed by atoms with Crippen molar-refractivity contribution in [2.75, 3.05) is 31.1 Å². The molecule has 0 aromatic heterocycles. The highest BCUT2D eigenvalue weighted by Crippen LogP contribution is 2.30. The van der Waals surface area contributed by atoms with E-state index in [0.29, 0.717) is 18.2 Å². The molecule has 1 N–H and O–H groups in total. The zero-order valence-electron chi connectivity index (χ0n) is 13.8. The number of β-amino-alcohol motifs (C(OH)–C–C–N with tert-alkyl or cyclic N) is 1. The number of nitrogens with zero attached hydrogens (tertiary/aromatic N) is 1. The van der Waals surface area contributed by atoms with E-state index in [1.54, 1.807) is 0 Å². The number of hydrogen-bond acceptors (Lipinski definition) is 4. The number of ether oxygens (including phenoxy) is 1. The van der Waals surface area contributed by atoms with Gasteiger partial charge in [-0.2, -0.15) is 11.8 Å². The van der Waals surface area contributed by atoms with Crippen molar-refractivity contribution in [1.29, 1.82) is 0 Å². The fourth-order valence-corrected chi connectivity index (χ4v) is 4.26. The standard InChI is InChI=1S/C19H21BrClNO2S/c20-15-3-6-19(24-13-14-1-4-16(21)5-2-14)17(11-15)18(23)12-22-7-9-25-10-8-22/h1-6,11,18,23H,7-10,12-13H2. The van der Waals surface area contributed by atoms with Gasteiger partial charge in [0.1, 0.15) is 12.4 Å². The predicted octanol–water partition coefficient (Wildman–Crippen LogP) is 4.76. The van der Waals surface area contributed by atoms with Gasteiger partial charge < -0.3 is 9.84 Å². The first-order valence-electron chi connectivity index (χ1n) is 8.26. The summed E-state index contributed by atoms with van der Waals surface area (Å²) in [7, 11) is 0. The van der Waals surface area contributed by atoms with Crippen LogP contribution in [0.2, 0.25) is 5.02 Å². The lowest BCUT2D eigenvalue weighted by atomic mass is 10.1. The highest BCUT2D eigenvalue weighted by Gasteiger charge is 2.19. The van der Waals surface area contributed by atoms with Gasteiger partial charge in [-0.3, -0.25) is 4.90 Å². The molecule has 1 heterocycles. The van der Waals surface area contributed by atoms with E-state index in [0.717, 1.165) is 45.9 Å². The summed E-state index contributed by atoms with van der Waals surface area (Å²) in [4.78, 5) is 2.31. The number of halogens is 2. The minimum absolute atomic E-state index is 0.443. The molecule has 1 saturated heterocycles.